The number of nitrogens with zero attached hydrogens (tertiary/aromatic N) is 1. The lowest BCUT2D eigenvalue weighted by Gasteiger charge is -2.34. The van der Waals surface area contributed by atoms with Crippen LogP contribution in [0, 0.1) is 0 Å². The molecule has 1 heterocycles. The van der Waals surface area contributed by atoms with E-state index < -0.39 is 24.1 Å². The zero-order valence-corrected chi connectivity index (χ0v) is 15.4. The van der Waals surface area contributed by atoms with Gasteiger partial charge in [0.25, 0.3) is 5.91 Å². The fraction of sp³-hybridized carbons (Fsp3) is 0.158. The molecule has 1 aliphatic heterocycles. The summed E-state index contributed by atoms with van der Waals surface area (Å²) in [6.45, 7) is 0.0844. The number of urea groups is 2. The van der Waals surface area contributed by atoms with Crippen LogP contribution < -0.4 is 26.2 Å². The molecule has 29 heavy (non-hydrogen) atoms. The highest BCUT2D eigenvalue weighted by Crippen LogP contribution is 2.26. The summed E-state index contributed by atoms with van der Waals surface area (Å²) in [5, 5.41) is 19.5. The van der Waals surface area contributed by atoms with Gasteiger partial charge >= 0.3 is 18.0 Å². The van der Waals surface area contributed by atoms with Crippen LogP contribution >= 0.6 is 0 Å². The average Bonchev–Trinajstić information content (AvgIpc) is 2.72. The van der Waals surface area contributed by atoms with E-state index in [4.69, 9.17) is 0 Å². The summed E-state index contributed by atoms with van der Waals surface area (Å²) >= 11 is 0. The fourth-order valence-electron chi connectivity index (χ4n) is 2.90. The molecule has 2 aromatic carbocycles. The van der Waals surface area contributed by atoms with E-state index in [-0.39, 0.29) is 23.8 Å². The topological polar surface area (TPSA) is 140 Å². The summed E-state index contributed by atoms with van der Waals surface area (Å²) in [4.78, 5) is 48.9. The molecular formula is C19H19N5O5. The van der Waals surface area contributed by atoms with Crippen LogP contribution in [0.2, 0.25) is 0 Å². The van der Waals surface area contributed by atoms with Crippen LogP contribution in [-0.4, -0.2) is 42.3 Å². The molecule has 0 aliphatic carbocycles. The Hall–Kier alpha value is -4.08. The van der Waals surface area contributed by atoms with Crippen LogP contribution in [0.5, 0.6) is 0 Å². The van der Waals surface area contributed by atoms with Crippen molar-refractivity contribution in [2.75, 3.05) is 17.3 Å². The maximum Gasteiger partial charge on any atom is 0.347 e. The predicted octanol–water partition coefficient (Wildman–Crippen LogP) is 1.31. The monoisotopic (exact) mass is 397 g/mol. The molecule has 0 spiro atoms. The third kappa shape index (κ3) is 4.26. The quantitative estimate of drug-likeness (QED) is 0.529. The van der Waals surface area contributed by atoms with Gasteiger partial charge in [0.2, 0.25) is 6.17 Å². The number of benzene rings is 2. The SMILES string of the molecule is CNC(=O)Nc1cccc(CNC(=O)N2c3ccccc3C(=O)NC2C(=O)O)c1. The molecule has 0 saturated heterocycles. The van der Waals surface area contributed by atoms with Crippen LogP contribution in [-0.2, 0) is 11.3 Å². The van der Waals surface area contributed by atoms with Gasteiger partial charge < -0.3 is 26.4 Å². The van der Waals surface area contributed by atoms with Crippen LogP contribution in [0.1, 0.15) is 15.9 Å². The Morgan fingerprint density at radius 2 is 1.90 bits per heavy atom. The smallest absolute Gasteiger partial charge is 0.347 e. The van der Waals surface area contributed by atoms with E-state index in [2.05, 4.69) is 21.3 Å². The van der Waals surface area contributed by atoms with E-state index in [1.807, 2.05) is 0 Å². The molecule has 0 fully saturated rings. The Balaban J connectivity index is 1.78. The van der Waals surface area contributed by atoms with E-state index in [9.17, 15) is 24.3 Å². The molecule has 10 nitrogen and oxygen atoms in total. The Kier molecular flexibility index (Phi) is 5.63. The second-order valence-electron chi connectivity index (χ2n) is 6.16. The molecule has 1 aliphatic rings. The lowest BCUT2D eigenvalue weighted by Crippen LogP contribution is -2.61. The summed E-state index contributed by atoms with van der Waals surface area (Å²) in [6.07, 6.45) is -1.53. The molecule has 3 rings (SSSR count). The van der Waals surface area contributed by atoms with Gasteiger partial charge in [-0.05, 0) is 29.8 Å². The van der Waals surface area contributed by atoms with Crippen molar-refractivity contribution in [3.05, 3.63) is 59.7 Å². The highest BCUT2D eigenvalue weighted by molar-refractivity contribution is 6.11. The Labute approximate surface area is 165 Å². The standard InChI is InChI=1S/C19H19N5O5/c1-20-18(28)22-12-6-4-5-11(9-12)10-21-19(29)24-14-8-3-2-7-13(14)16(25)23-15(24)17(26)27/h2-9,15H,10H2,1H3,(H,21,29)(H,23,25)(H,26,27)(H2,20,22,28). The normalized spacial score (nSPS) is 15.0. The van der Waals surface area contributed by atoms with Crippen molar-refractivity contribution in [2.24, 2.45) is 0 Å². The Morgan fingerprint density at radius 3 is 2.62 bits per heavy atom. The number of carboxylic acids is 1. The zero-order valence-electron chi connectivity index (χ0n) is 15.4. The first-order valence-electron chi connectivity index (χ1n) is 8.68. The van der Waals surface area contributed by atoms with Crippen LogP contribution in [0.25, 0.3) is 0 Å². The van der Waals surface area contributed by atoms with Crippen molar-refractivity contribution in [1.82, 2.24) is 16.0 Å². The van der Waals surface area contributed by atoms with Crippen molar-refractivity contribution in [3.63, 3.8) is 0 Å². The van der Waals surface area contributed by atoms with E-state index in [1.165, 1.54) is 19.2 Å². The Morgan fingerprint density at radius 1 is 1.14 bits per heavy atom. The van der Waals surface area contributed by atoms with Crippen molar-refractivity contribution < 1.29 is 24.3 Å². The number of carboxylic acid groups (broad SMARTS) is 1. The molecule has 1 atom stereocenters. The van der Waals surface area contributed by atoms with Gasteiger partial charge in [-0.2, -0.15) is 0 Å². The minimum atomic E-state index is -1.53. The summed E-state index contributed by atoms with van der Waals surface area (Å²) in [6, 6.07) is 12.0. The molecule has 0 aromatic heterocycles. The molecule has 0 bridgehead atoms. The van der Waals surface area contributed by atoms with Gasteiger partial charge in [0.1, 0.15) is 0 Å². The number of carbonyl (C=O) groups excluding carboxylic acids is 3. The first-order chi connectivity index (χ1) is 13.9. The molecule has 5 N–H and O–H groups in total. The summed E-state index contributed by atoms with van der Waals surface area (Å²) < 4.78 is 0. The Bertz CT molecular complexity index is 977. The van der Waals surface area contributed by atoms with Gasteiger partial charge in [-0.15, -0.1) is 0 Å². The van der Waals surface area contributed by atoms with E-state index >= 15 is 0 Å². The summed E-state index contributed by atoms with van der Waals surface area (Å²) in [5.74, 6) is -1.93. The first-order valence-corrected chi connectivity index (χ1v) is 8.68. The van der Waals surface area contributed by atoms with Gasteiger partial charge in [-0.25, -0.2) is 14.4 Å². The molecule has 150 valence electrons. The number of hydrogen-bond donors (Lipinski definition) is 5. The van der Waals surface area contributed by atoms with Crippen molar-refractivity contribution >= 4 is 35.3 Å². The number of rotatable bonds is 4. The van der Waals surface area contributed by atoms with E-state index in [0.717, 1.165) is 4.90 Å². The van der Waals surface area contributed by atoms with Crippen molar-refractivity contribution in [2.45, 2.75) is 12.7 Å². The highest BCUT2D eigenvalue weighted by Gasteiger charge is 2.38. The second kappa shape index (κ2) is 8.30. The lowest BCUT2D eigenvalue weighted by atomic mass is 10.1. The largest absolute Gasteiger partial charge is 0.478 e. The molecule has 1 unspecified atom stereocenters. The van der Waals surface area contributed by atoms with Gasteiger partial charge in [0, 0.05) is 19.3 Å². The summed E-state index contributed by atoms with van der Waals surface area (Å²) in [7, 11) is 1.49. The van der Waals surface area contributed by atoms with E-state index in [1.54, 1.807) is 36.4 Å². The van der Waals surface area contributed by atoms with Crippen molar-refractivity contribution in [1.29, 1.82) is 0 Å². The van der Waals surface area contributed by atoms with Crippen LogP contribution in [0.15, 0.2) is 48.5 Å². The number of carbonyl (C=O) groups is 4. The average molecular weight is 397 g/mol. The number of nitrogens with one attached hydrogen (secondary N) is 4. The first kappa shape index (κ1) is 19.7. The minimum absolute atomic E-state index is 0.0844. The molecule has 2 aromatic rings. The second-order valence-corrected chi connectivity index (χ2v) is 6.16. The minimum Gasteiger partial charge on any atom is -0.478 e. The molecule has 5 amide bonds. The van der Waals surface area contributed by atoms with Gasteiger partial charge in [0.05, 0.1) is 11.3 Å². The number of hydrogen-bond acceptors (Lipinski definition) is 4. The molecule has 0 saturated carbocycles. The van der Waals surface area contributed by atoms with Crippen LogP contribution in [0.3, 0.4) is 0 Å². The van der Waals surface area contributed by atoms with Gasteiger partial charge in [-0.3, -0.25) is 9.69 Å². The number of aliphatic carboxylic acids is 1. The molecule has 10 heteroatoms. The van der Waals surface area contributed by atoms with Gasteiger partial charge in [0.15, 0.2) is 0 Å². The predicted molar refractivity (Wildman–Crippen MR) is 105 cm³/mol. The third-order valence-corrected chi connectivity index (χ3v) is 4.24. The third-order valence-electron chi connectivity index (χ3n) is 4.24. The van der Waals surface area contributed by atoms with Crippen LogP contribution in [0.4, 0.5) is 21.0 Å². The zero-order chi connectivity index (χ0) is 21.0. The van der Waals surface area contributed by atoms with E-state index in [0.29, 0.717) is 11.3 Å². The maximum absolute atomic E-state index is 12.8. The number of amides is 5. The maximum atomic E-state index is 12.8. The fourth-order valence-corrected chi connectivity index (χ4v) is 2.90. The highest BCUT2D eigenvalue weighted by atomic mass is 16.4. The number of anilines is 2. The lowest BCUT2D eigenvalue weighted by molar-refractivity contribution is -0.139. The molecular weight excluding hydrogens is 378 g/mol. The summed E-state index contributed by atoms with van der Waals surface area (Å²) in [5.41, 5.74) is 1.64. The number of para-hydroxylation sites is 1. The molecule has 0 radical (unpaired) electrons. The van der Waals surface area contributed by atoms with Gasteiger partial charge in [-0.1, -0.05) is 24.3 Å². The van der Waals surface area contributed by atoms with Crippen molar-refractivity contribution in [3.8, 4) is 0 Å². The number of fused-ring (bicyclic) bond motifs is 1.